The lowest BCUT2D eigenvalue weighted by Gasteiger charge is -2.43. The van der Waals surface area contributed by atoms with E-state index in [9.17, 15) is 14.4 Å². The number of esters is 2. The molecule has 220 valence electrons. The van der Waals surface area contributed by atoms with Crippen LogP contribution in [0.3, 0.4) is 0 Å². The van der Waals surface area contributed by atoms with E-state index in [0.29, 0.717) is 24.2 Å². The van der Waals surface area contributed by atoms with Gasteiger partial charge < -0.3 is 24.7 Å². The van der Waals surface area contributed by atoms with Gasteiger partial charge in [0.05, 0.1) is 18.4 Å². The summed E-state index contributed by atoms with van der Waals surface area (Å²) in [6.45, 7) is 10.5. The first-order valence-electron chi connectivity index (χ1n) is 14.9. The van der Waals surface area contributed by atoms with Gasteiger partial charge in [-0.3, -0.25) is 14.4 Å². The number of fused-ring (bicyclic) bond motifs is 1. The topological polar surface area (TPSA) is 114 Å². The van der Waals surface area contributed by atoms with Gasteiger partial charge in [0, 0.05) is 25.9 Å². The third-order valence-corrected chi connectivity index (χ3v) is 8.40. The number of nitrogens with two attached hydrogens (primary N) is 1. The fourth-order valence-corrected chi connectivity index (χ4v) is 6.19. The fraction of sp³-hybridized carbons (Fsp3) is 0.774. The third-order valence-electron chi connectivity index (χ3n) is 8.40. The van der Waals surface area contributed by atoms with E-state index in [2.05, 4.69) is 37.8 Å². The number of carbonyl (C=O) groups excluding carboxylic acids is 3. The van der Waals surface area contributed by atoms with Crippen LogP contribution >= 0.6 is 0 Å². The predicted octanol–water partition coefficient (Wildman–Crippen LogP) is 5.24. The first kappa shape index (κ1) is 31.3. The second kappa shape index (κ2) is 15.0. The van der Waals surface area contributed by atoms with Crippen LogP contribution in [0.15, 0.2) is 23.8 Å². The molecule has 4 aliphatic rings. The first-order chi connectivity index (χ1) is 18.6. The maximum Gasteiger partial charge on any atom is 0.308 e. The highest BCUT2D eigenvalue weighted by Gasteiger charge is 2.42. The fourth-order valence-electron chi connectivity index (χ4n) is 6.19. The zero-order valence-corrected chi connectivity index (χ0v) is 24.4. The van der Waals surface area contributed by atoms with E-state index < -0.39 is 0 Å². The number of rotatable bonds is 8. The summed E-state index contributed by atoms with van der Waals surface area (Å²) in [5.41, 5.74) is 5.77. The van der Waals surface area contributed by atoms with Crippen LogP contribution < -0.4 is 5.73 Å². The number of allylic oxidation sites excluding steroid dienone is 3. The maximum absolute atomic E-state index is 12.7. The highest BCUT2D eigenvalue weighted by molar-refractivity contribution is 5.72. The quantitative estimate of drug-likeness (QED) is 0.414. The average Bonchev–Trinajstić information content (AvgIpc) is 2.87. The summed E-state index contributed by atoms with van der Waals surface area (Å²) in [5.74, 6) is 0.619. The minimum atomic E-state index is -0.333. The summed E-state index contributed by atoms with van der Waals surface area (Å²) < 4.78 is 23.7. The number of carbonyl (C=O) groups is 3. The van der Waals surface area contributed by atoms with E-state index in [1.165, 1.54) is 12.5 Å². The van der Waals surface area contributed by atoms with Gasteiger partial charge in [-0.15, -0.1) is 0 Å². The molecular formula is C31H49NO7. The van der Waals surface area contributed by atoms with Crippen molar-refractivity contribution in [3.8, 4) is 0 Å². The second-order valence-corrected chi connectivity index (χ2v) is 11.9. The Hall–Kier alpha value is -2.19. The molecule has 2 aliphatic heterocycles. The van der Waals surface area contributed by atoms with Crippen molar-refractivity contribution in [3.63, 3.8) is 0 Å². The lowest BCUT2D eigenvalue weighted by Crippen LogP contribution is -2.42. The highest BCUT2D eigenvalue weighted by Crippen LogP contribution is 2.45. The molecule has 0 aromatic carbocycles. The summed E-state index contributed by atoms with van der Waals surface area (Å²) >= 11 is 0. The number of amides is 1. The van der Waals surface area contributed by atoms with Crippen molar-refractivity contribution in [3.05, 3.63) is 23.8 Å². The smallest absolute Gasteiger partial charge is 0.308 e. The Labute approximate surface area is 234 Å². The Morgan fingerprint density at radius 3 is 2.59 bits per heavy atom. The summed E-state index contributed by atoms with van der Waals surface area (Å²) in [4.78, 5) is 34.3. The first-order valence-corrected chi connectivity index (χ1v) is 14.9. The minimum absolute atomic E-state index is 0.0820. The molecular weight excluding hydrogens is 498 g/mol. The molecule has 39 heavy (non-hydrogen) atoms. The van der Waals surface area contributed by atoms with Gasteiger partial charge in [0.2, 0.25) is 5.91 Å². The molecule has 2 fully saturated rings. The largest absolute Gasteiger partial charge is 0.462 e. The molecule has 1 unspecified atom stereocenters. The lowest BCUT2D eigenvalue weighted by atomic mass is 9.65. The van der Waals surface area contributed by atoms with Crippen LogP contribution in [0.5, 0.6) is 0 Å². The summed E-state index contributed by atoms with van der Waals surface area (Å²) in [7, 11) is 0. The normalized spacial score (nSPS) is 34.9. The molecule has 0 bridgehead atoms. The van der Waals surface area contributed by atoms with E-state index in [0.717, 1.165) is 58.0 Å². The van der Waals surface area contributed by atoms with Gasteiger partial charge in [0.15, 0.2) is 6.29 Å². The van der Waals surface area contributed by atoms with Gasteiger partial charge >= 0.3 is 11.9 Å². The van der Waals surface area contributed by atoms with Gasteiger partial charge in [-0.05, 0) is 68.3 Å². The monoisotopic (exact) mass is 547 g/mol. The van der Waals surface area contributed by atoms with Crippen LogP contribution in [0, 0.1) is 29.6 Å². The minimum Gasteiger partial charge on any atom is -0.462 e. The molecule has 2 heterocycles. The van der Waals surface area contributed by atoms with Crippen LogP contribution in [-0.2, 0) is 33.3 Å². The molecule has 2 N–H and O–H groups in total. The van der Waals surface area contributed by atoms with Crippen molar-refractivity contribution in [1.29, 1.82) is 0 Å². The molecule has 0 saturated carbocycles. The summed E-state index contributed by atoms with van der Waals surface area (Å²) in [5, 5.41) is 0. The second-order valence-electron chi connectivity index (χ2n) is 11.9. The van der Waals surface area contributed by atoms with Crippen molar-refractivity contribution in [2.24, 2.45) is 35.3 Å². The summed E-state index contributed by atoms with van der Waals surface area (Å²) in [6.07, 6.45) is 13.8. The van der Waals surface area contributed by atoms with Gasteiger partial charge in [-0.25, -0.2) is 0 Å². The van der Waals surface area contributed by atoms with E-state index in [4.69, 9.17) is 18.9 Å². The van der Waals surface area contributed by atoms with E-state index >= 15 is 0 Å². The van der Waals surface area contributed by atoms with Crippen LogP contribution in [0.25, 0.3) is 0 Å². The van der Waals surface area contributed by atoms with Crippen LogP contribution in [0.1, 0.15) is 92.4 Å². The number of hydrogen-bond acceptors (Lipinski definition) is 7. The Kier molecular flexibility index (Phi) is 12.0. The van der Waals surface area contributed by atoms with Crippen molar-refractivity contribution in [2.75, 3.05) is 6.61 Å². The van der Waals surface area contributed by atoms with E-state index in [-0.39, 0.29) is 54.3 Å². The molecule has 0 aromatic rings. The van der Waals surface area contributed by atoms with E-state index in [1.54, 1.807) is 0 Å². The Balaban J connectivity index is 0.000000983. The molecule has 0 spiro atoms. The lowest BCUT2D eigenvalue weighted by molar-refractivity contribution is -0.209. The third kappa shape index (κ3) is 9.45. The molecule has 2 aliphatic carbocycles. The van der Waals surface area contributed by atoms with Crippen molar-refractivity contribution in [2.45, 2.75) is 117 Å². The standard InChI is InChI=1S/C29H44O6.C2H5NO/c1-5-19(3)29(31)35-25-15-18(2)14-21-10-9-20(4)24(28(21)25)12-11-22-16-23(17-26(30)33-22)34-27-8-6-7-13-32-27;1-2(3)4/h9-10,14,18-20,22-25,27-28H,5-8,11-13,15-17H2,1-4H3;1H3,(H2,3,4)/t18-,19-,20-,22-,23+,24-,25-,27?,28-;/m0./s1. The van der Waals surface area contributed by atoms with Gasteiger partial charge in [0.1, 0.15) is 12.2 Å². The molecule has 1 amide bonds. The molecule has 0 aromatic heterocycles. The number of primary amides is 1. The molecule has 8 nitrogen and oxygen atoms in total. The average molecular weight is 548 g/mol. The van der Waals surface area contributed by atoms with Gasteiger partial charge in [-0.1, -0.05) is 45.9 Å². The van der Waals surface area contributed by atoms with E-state index in [1.807, 2.05) is 13.8 Å². The Morgan fingerprint density at radius 1 is 1.18 bits per heavy atom. The predicted molar refractivity (Wildman–Crippen MR) is 148 cm³/mol. The van der Waals surface area contributed by atoms with Crippen LogP contribution in [0.4, 0.5) is 0 Å². The van der Waals surface area contributed by atoms with Gasteiger partial charge in [0.25, 0.3) is 0 Å². The zero-order chi connectivity index (χ0) is 28.5. The number of cyclic esters (lactones) is 1. The van der Waals surface area contributed by atoms with Crippen LogP contribution in [-0.4, -0.2) is 49.1 Å². The Morgan fingerprint density at radius 2 is 1.92 bits per heavy atom. The number of hydrogen-bond donors (Lipinski definition) is 1. The molecule has 8 heteroatoms. The van der Waals surface area contributed by atoms with Crippen LogP contribution in [0.2, 0.25) is 0 Å². The van der Waals surface area contributed by atoms with Crippen molar-refractivity contribution >= 4 is 17.8 Å². The highest BCUT2D eigenvalue weighted by atomic mass is 16.7. The number of ether oxygens (including phenoxy) is 4. The maximum atomic E-state index is 12.7. The molecule has 4 rings (SSSR count). The van der Waals surface area contributed by atoms with Crippen molar-refractivity contribution < 1.29 is 33.3 Å². The molecule has 0 radical (unpaired) electrons. The Bertz CT molecular complexity index is 889. The van der Waals surface area contributed by atoms with Crippen molar-refractivity contribution in [1.82, 2.24) is 0 Å². The van der Waals surface area contributed by atoms with Gasteiger partial charge in [-0.2, -0.15) is 0 Å². The summed E-state index contributed by atoms with van der Waals surface area (Å²) in [6, 6.07) is 0. The zero-order valence-electron chi connectivity index (χ0n) is 24.4. The molecule has 9 atom stereocenters. The SMILES string of the molecule is CC(N)=O.CC[C@H](C)C(=O)O[C@H]1C[C@@H](C)C=C2C=C[C@H](C)[C@H](CC[C@H]3C[C@@H](OC4CCCCO4)CC(=O)O3)[C@H]21. The molecule has 2 saturated heterocycles.